The summed E-state index contributed by atoms with van der Waals surface area (Å²) in [6.45, 7) is 4.27. The van der Waals surface area contributed by atoms with E-state index < -0.39 is 11.9 Å². The number of carbonyl (C=O) groups excluding carboxylic acids is 2. The Labute approximate surface area is 167 Å². The smallest absolute Gasteiger partial charge is 0.338 e. The lowest BCUT2D eigenvalue weighted by atomic mass is 10.1. The van der Waals surface area contributed by atoms with Crippen LogP contribution in [0.4, 0.5) is 5.69 Å². The Morgan fingerprint density at radius 3 is 2.55 bits per heavy atom. The van der Waals surface area contributed by atoms with Crippen molar-refractivity contribution in [1.29, 1.82) is 0 Å². The van der Waals surface area contributed by atoms with Crippen LogP contribution in [-0.4, -0.2) is 18.5 Å². The third-order valence-electron chi connectivity index (χ3n) is 4.06. The van der Waals surface area contributed by atoms with Crippen LogP contribution < -0.4 is 10.7 Å². The fourth-order valence-electron chi connectivity index (χ4n) is 2.57. The van der Waals surface area contributed by atoms with Gasteiger partial charge in [0.2, 0.25) is 5.91 Å². The predicted octanol–water partition coefficient (Wildman–Crippen LogP) is 4.26. The zero-order chi connectivity index (χ0) is 20.8. The first-order chi connectivity index (χ1) is 13.9. The summed E-state index contributed by atoms with van der Waals surface area (Å²) in [6.07, 6.45) is 3.99. The zero-order valence-corrected chi connectivity index (χ0v) is 16.2. The molecule has 29 heavy (non-hydrogen) atoms. The number of amides is 1. The molecule has 0 fully saturated rings. The Balaban J connectivity index is 1.64. The topological polar surface area (TPSA) is 85.6 Å². The molecule has 0 saturated carbocycles. The van der Waals surface area contributed by atoms with Crippen LogP contribution in [-0.2, 0) is 9.53 Å². The van der Waals surface area contributed by atoms with Gasteiger partial charge in [-0.3, -0.25) is 9.59 Å². The molecule has 0 aliphatic heterocycles. The number of benzene rings is 2. The van der Waals surface area contributed by atoms with Gasteiger partial charge in [-0.15, -0.1) is 0 Å². The number of anilines is 1. The van der Waals surface area contributed by atoms with E-state index in [0.29, 0.717) is 28.8 Å². The average molecular weight is 391 g/mol. The van der Waals surface area contributed by atoms with Crippen molar-refractivity contribution >= 4 is 34.6 Å². The van der Waals surface area contributed by atoms with Gasteiger partial charge in [-0.25, -0.2) is 4.79 Å². The van der Waals surface area contributed by atoms with E-state index in [2.05, 4.69) is 5.32 Å². The van der Waals surface area contributed by atoms with E-state index in [-0.39, 0.29) is 16.9 Å². The molecule has 0 spiro atoms. The summed E-state index contributed by atoms with van der Waals surface area (Å²) in [6, 6.07) is 13.3. The van der Waals surface area contributed by atoms with Gasteiger partial charge in [0.25, 0.3) is 0 Å². The molecule has 1 amide bonds. The van der Waals surface area contributed by atoms with Gasteiger partial charge < -0.3 is 14.5 Å². The summed E-state index contributed by atoms with van der Waals surface area (Å²) in [5.41, 5.74) is 1.49. The van der Waals surface area contributed by atoms with Crippen molar-refractivity contribution in [3.8, 4) is 0 Å². The number of nitrogens with one attached hydrogen (secondary N) is 1. The van der Waals surface area contributed by atoms with E-state index in [1.807, 2.05) is 13.8 Å². The Morgan fingerprint density at radius 2 is 1.83 bits per heavy atom. The standard InChI is InChI=1S/C23H21NO5/c1-15(2)13-29-23(27)16-7-10-18(11-8-16)24-21(25)12-9-17-14-28-20-6-4-3-5-19(20)22(17)26/h3-12,14-15H,13H2,1-2H3,(H,24,25)/b12-9+. The third kappa shape index (κ3) is 5.19. The minimum Gasteiger partial charge on any atom is -0.463 e. The quantitative estimate of drug-likeness (QED) is 0.501. The van der Waals surface area contributed by atoms with Gasteiger partial charge in [0.15, 0.2) is 5.43 Å². The molecule has 0 unspecified atom stereocenters. The van der Waals surface area contributed by atoms with Crippen LogP contribution in [0.3, 0.4) is 0 Å². The maximum absolute atomic E-state index is 12.4. The SMILES string of the molecule is CC(C)COC(=O)c1ccc(NC(=O)/C=C/c2coc3ccccc3c2=O)cc1. The Morgan fingerprint density at radius 1 is 1.10 bits per heavy atom. The van der Waals surface area contributed by atoms with Crippen LogP contribution >= 0.6 is 0 Å². The van der Waals surface area contributed by atoms with Crippen LogP contribution in [0.25, 0.3) is 17.0 Å². The molecule has 0 radical (unpaired) electrons. The van der Waals surface area contributed by atoms with Crippen molar-refractivity contribution in [3.63, 3.8) is 0 Å². The Hall–Kier alpha value is -3.67. The van der Waals surface area contributed by atoms with Gasteiger partial charge in [0, 0.05) is 11.8 Å². The summed E-state index contributed by atoms with van der Waals surface area (Å²) in [4.78, 5) is 36.5. The van der Waals surface area contributed by atoms with Gasteiger partial charge >= 0.3 is 5.97 Å². The van der Waals surface area contributed by atoms with E-state index in [9.17, 15) is 14.4 Å². The van der Waals surface area contributed by atoms with Crippen molar-refractivity contribution in [2.24, 2.45) is 5.92 Å². The van der Waals surface area contributed by atoms with Crippen molar-refractivity contribution < 1.29 is 18.7 Å². The molecule has 3 rings (SSSR count). The lowest BCUT2D eigenvalue weighted by Gasteiger charge is -2.08. The maximum Gasteiger partial charge on any atom is 0.338 e. The lowest BCUT2D eigenvalue weighted by Crippen LogP contribution is -2.11. The molecule has 6 nitrogen and oxygen atoms in total. The molecule has 0 aliphatic rings. The number of para-hydroxylation sites is 1. The first-order valence-corrected chi connectivity index (χ1v) is 9.21. The second-order valence-electron chi connectivity index (χ2n) is 6.91. The monoisotopic (exact) mass is 391 g/mol. The van der Waals surface area contributed by atoms with E-state index in [4.69, 9.17) is 9.15 Å². The highest BCUT2D eigenvalue weighted by atomic mass is 16.5. The number of rotatable bonds is 6. The van der Waals surface area contributed by atoms with Crippen LogP contribution in [0, 0.1) is 5.92 Å². The fraction of sp³-hybridized carbons (Fsp3) is 0.174. The van der Waals surface area contributed by atoms with Crippen molar-refractivity contribution in [3.05, 3.63) is 82.2 Å². The maximum atomic E-state index is 12.4. The molecular weight excluding hydrogens is 370 g/mol. The molecule has 1 aromatic heterocycles. The van der Waals surface area contributed by atoms with Gasteiger partial charge in [0.05, 0.1) is 23.1 Å². The number of hydrogen-bond acceptors (Lipinski definition) is 5. The minimum atomic E-state index is -0.410. The lowest BCUT2D eigenvalue weighted by molar-refractivity contribution is -0.111. The molecule has 1 heterocycles. The van der Waals surface area contributed by atoms with Gasteiger partial charge in [-0.1, -0.05) is 26.0 Å². The highest BCUT2D eigenvalue weighted by Crippen LogP contribution is 2.13. The van der Waals surface area contributed by atoms with Crippen molar-refractivity contribution in [1.82, 2.24) is 0 Å². The molecule has 148 valence electrons. The van der Waals surface area contributed by atoms with Crippen LogP contribution in [0.1, 0.15) is 29.8 Å². The zero-order valence-electron chi connectivity index (χ0n) is 16.2. The van der Waals surface area contributed by atoms with E-state index >= 15 is 0 Å². The largest absolute Gasteiger partial charge is 0.463 e. The van der Waals surface area contributed by atoms with E-state index in [1.165, 1.54) is 18.4 Å². The van der Waals surface area contributed by atoms with Crippen molar-refractivity contribution in [2.45, 2.75) is 13.8 Å². The second-order valence-corrected chi connectivity index (χ2v) is 6.91. The number of fused-ring (bicyclic) bond motifs is 1. The van der Waals surface area contributed by atoms with Crippen LogP contribution in [0.15, 0.2) is 70.1 Å². The fourth-order valence-corrected chi connectivity index (χ4v) is 2.57. The summed E-state index contributed by atoms with van der Waals surface area (Å²) in [5, 5.41) is 3.13. The van der Waals surface area contributed by atoms with Crippen LogP contribution in [0.2, 0.25) is 0 Å². The number of esters is 1. The summed E-state index contributed by atoms with van der Waals surface area (Å²) in [5.74, 6) is -0.554. The van der Waals surface area contributed by atoms with Gasteiger partial charge in [0.1, 0.15) is 11.8 Å². The summed E-state index contributed by atoms with van der Waals surface area (Å²) < 4.78 is 10.6. The summed E-state index contributed by atoms with van der Waals surface area (Å²) in [7, 11) is 0. The molecule has 1 N–H and O–H groups in total. The van der Waals surface area contributed by atoms with E-state index in [1.54, 1.807) is 48.5 Å². The van der Waals surface area contributed by atoms with Crippen molar-refractivity contribution in [2.75, 3.05) is 11.9 Å². The highest BCUT2D eigenvalue weighted by molar-refractivity contribution is 6.02. The van der Waals surface area contributed by atoms with Crippen LogP contribution in [0.5, 0.6) is 0 Å². The van der Waals surface area contributed by atoms with E-state index in [0.717, 1.165) is 0 Å². The molecule has 3 aromatic rings. The second kappa shape index (κ2) is 9.01. The number of hydrogen-bond donors (Lipinski definition) is 1. The highest BCUT2D eigenvalue weighted by Gasteiger charge is 2.09. The number of carbonyl (C=O) groups is 2. The molecule has 0 aliphatic carbocycles. The Kier molecular flexibility index (Phi) is 6.24. The number of ether oxygens (including phenoxy) is 1. The minimum absolute atomic E-state index is 0.208. The van der Waals surface area contributed by atoms with Gasteiger partial charge in [-0.05, 0) is 48.4 Å². The third-order valence-corrected chi connectivity index (χ3v) is 4.06. The van der Waals surface area contributed by atoms with Gasteiger partial charge in [-0.2, -0.15) is 0 Å². The molecule has 0 saturated heterocycles. The molecule has 0 bridgehead atoms. The molecule has 6 heteroatoms. The first kappa shape index (κ1) is 20.1. The molecular formula is C23H21NO5. The average Bonchev–Trinajstić information content (AvgIpc) is 2.72. The summed E-state index contributed by atoms with van der Waals surface area (Å²) >= 11 is 0. The first-order valence-electron chi connectivity index (χ1n) is 9.21. The molecule has 0 atom stereocenters. The normalized spacial score (nSPS) is 11.1. The molecule has 2 aromatic carbocycles. The predicted molar refractivity (Wildman–Crippen MR) is 112 cm³/mol. The Bertz CT molecular complexity index is 1110.